The minimum absolute atomic E-state index is 0.176. The van der Waals surface area contributed by atoms with Gasteiger partial charge in [0.05, 0.1) is 0 Å². The lowest BCUT2D eigenvalue weighted by Crippen LogP contribution is -2.37. The molecule has 0 aliphatic carbocycles. The van der Waals surface area contributed by atoms with Crippen molar-refractivity contribution in [2.75, 3.05) is 16.4 Å². The third-order valence-corrected chi connectivity index (χ3v) is 8.58. The number of hydrogen-bond donors (Lipinski definition) is 5. The normalized spacial score (nSPS) is 16.2. The Bertz CT molecular complexity index is 1370. The van der Waals surface area contributed by atoms with Crippen LogP contribution in [0.15, 0.2) is 53.4 Å². The van der Waals surface area contributed by atoms with E-state index in [1.165, 1.54) is 0 Å². The van der Waals surface area contributed by atoms with Crippen molar-refractivity contribution in [3.05, 3.63) is 76.3 Å². The SMILES string of the molecule is Cc1c(C)c2c(c(C)c1O)CCC(C)(CCCCSc1ccc(NC(=O)c3cccc(NC(=N)N)c3)cc1)O2. The summed E-state index contributed by atoms with van der Waals surface area (Å²) in [7, 11) is 0. The zero-order valence-electron chi connectivity index (χ0n) is 23.1. The smallest absolute Gasteiger partial charge is 0.255 e. The van der Waals surface area contributed by atoms with Gasteiger partial charge in [0.25, 0.3) is 5.91 Å². The maximum Gasteiger partial charge on any atom is 0.255 e. The van der Waals surface area contributed by atoms with E-state index >= 15 is 0 Å². The van der Waals surface area contributed by atoms with Crippen molar-refractivity contribution in [3.63, 3.8) is 0 Å². The number of guanidine groups is 1. The molecule has 3 aromatic carbocycles. The second-order valence-electron chi connectivity index (χ2n) is 10.5. The second-order valence-corrected chi connectivity index (χ2v) is 11.7. The molecule has 4 rings (SSSR count). The highest BCUT2D eigenvalue weighted by atomic mass is 32.2. The number of fused-ring (bicyclic) bond motifs is 1. The summed E-state index contributed by atoms with van der Waals surface area (Å²) in [6.07, 6.45) is 5.07. The Morgan fingerprint density at radius 1 is 1.05 bits per heavy atom. The minimum atomic E-state index is -0.221. The largest absolute Gasteiger partial charge is 0.507 e. The number of nitrogens with one attached hydrogen (secondary N) is 3. The number of hydrogen-bond acceptors (Lipinski definition) is 5. The topological polar surface area (TPSA) is 120 Å². The number of phenols is 1. The third kappa shape index (κ3) is 6.87. The van der Waals surface area contributed by atoms with Crippen LogP contribution in [0.4, 0.5) is 11.4 Å². The number of unbranched alkanes of at least 4 members (excludes halogenated alkanes) is 1. The molecule has 1 unspecified atom stereocenters. The number of nitrogens with two attached hydrogens (primary N) is 1. The van der Waals surface area contributed by atoms with Gasteiger partial charge < -0.3 is 26.2 Å². The maximum absolute atomic E-state index is 12.6. The average Bonchev–Trinajstić information content (AvgIpc) is 2.91. The number of ether oxygens (including phenoxy) is 1. The molecule has 0 spiro atoms. The molecular weight excluding hydrogens is 508 g/mol. The van der Waals surface area contributed by atoms with Gasteiger partial charge in [0.2, 0.25) is 0 Å². The van der Waals surface area contributed by atoms with Crippen LogP contribution in [0.25, 0.3) is 0 Å². The van der Waals surface area contributed by atoms with Gasteiger partial charge in [0, 0.05) is 27.4 Å². The highest BCUT2D eigenvalue weighted by Gasteiger charge is 2.34. The number of benzene rings is 3. The fourth-order valence-corrected chi connectivity index (χ4v) is 5.91. The summed E-state index contributed by atoms with van der Waals surface area (Å²) >= 11 is 1.81. The van der Waals surface area contributed by atoms with Gasteiger partial charge in [0.15, 0.2) is 5.96 Å². The predicted molar refractivity (Wildman–Crippen MR) is 161 cm³/mol. The van der Waals surface area contributed by atoms with Gasteiger partial charge in [0.1, 0.15) is 17.1 Å². The highest BCUT2D eigenvalue weighted by molar-refractivity contribution is 7.99. The van der Waals surface area contributed by atoms with Crippen molar-refractivity contribution in [1.82, 2.24) is 0 Å². The van der Waals surface area contributed by atoms with E-state index in [4.69, 9.17) is 15.9 Å². The fraction of sp³-hybridized carbons (Fsp3) is 0.355. The van der Waals surface area contributed by atoms with E-state index in [1.54, 1.807) is 24.3 Å². The molecule has 1 aliphatic rings. The molecule has 6 N–H and O–H groups in total. The Morgan fingerprint density at radius 3 is 2.51 bits per heavy atom. The lowest BCUT2D eigenvalue weighted by molar-refractivity contribution is 0.0527. The molecular formula is C31H38N4O3S. The molecule has 1 heterocycles. The first-order valence-electron chi connectivity index (χ1n) is 13.3. The number of carbonyl (C=O) groups excluding carboxylic acids is 1. The summed E-state index contributed by atoms with van der Waals surface area (Å²) in [4.78, 5) is 13.8. The third-order valence-electron chi connectivity index (χ3n) is 7.48. The number of aromatic hydroxyl groups is 1. The lowest BCUT2D eigenvalue weighted by Gasteiger charge is -2.38. The van der Waals surface area contributed by atoms with Crippen molar-refractivity contribution in [2.45, 2.75) is 70.3 Å². The summed E-state index contributed by atoms with van der Waals surface area (Å²) < 4.78 is 6.56. The summed E-state index contributed by atoms with van der Waals surface area (Å²) in [6.45, 7) is 8.19. The van der Waals surface area contributed by atoms with Gasteiger partial charge in [-0.15, -0.1) is 11.8 Å². The second kappa shape index (κ2) is 12.0. The van der Waals surface area contributed by atoms with E-state index in [9.17, 15) is 9.90 Å². The summed E-state index contributed by atoms with van der Waals surface area (Å²) in [6, 6.07) is 14.8. The molecule has 0 radical (unpaired) electrons. The molecule has 0 aromatic heterocycles. The van der Waals surface area contributed by atoms with Gasteiger partial charge in [-0.05, 0) is 125 Å². The summed E-state index contributed by atoms with van der Waals surface area (Å²) in [5.41, 5.74) is 11.1. The van der Waals surface area contributed by atoms with E-state index in [1.807, 2.05) is 56.8 Å². The van der Waals surface area contributed by atoms with Crippen LogP contribution in [-0.2, 0) is 6.42 Å². The number of phenolic OH excluding ortho intramolecular Hbond substituents is 1. The standard InChI is InChI=1S/C31H38N4O3S/c1-19-20(2)28-26(21(3)27(19)36)14-16-31(4,38-28)15-5-6-17-39-25-12-10-23(11-13-25)34-29(37)22-8-7-9-24(18-22)35-30(32)33/h7-13,18,36H,5-6,14-17H2,1-4H3,(H,34,37)(H4,32,33,35). The molecule has 0 saturated heterocycles. The van der Waals surface area contributed by atoms with Crippen LogP contribution < -0.4 is 21.1 Å². The first-order valence-corrected chi connectivity index (χ1v) is 14.3. The first kappa shape index (κ1) is 28.4. The molecule has 1 aliphatic heterocycles. The van der Waals surface area contributed by atoms with E-state index in [-0.39, 0.29) is 17.5 Å². The van der Waals surface area contributed by atoms with E-state index in [0.717, 1.165) is 76.4 Å². The van der Waals surface area contributed by atoms with Crippen molar-refractivity contribution < 1.29 is 14.6 Å². The Balaban J connectivity index is 1.23. The highest BCUT2D eigenvalue weighted by Crippen LogP contribution is 2.44. The van der Waals surface area contributed by atoms with Gasteiger partial charge in [-0.1, -0.05) is 6.07 Å². The molecule has 0 bridgehead atoms. The monoisotopic (exact) mass is 546 g/mol. The maximum atomic E-state index is 12.6. The number of amides is 1. The molecule has 1 atom stereocenters. The number of carbonyl (C=O) groups is 1. The Morgan fingerprint density at radius 2 is 1.79 bits per heavy atom. The van der Waals surface area contributed by atoms with Crippen molar-refractivity contribution in [3.8, 4) is 11.5 Å². The van der Waals surface area contributed by atoms with Crippen LogP contribution >= 0.6 is 11.8 Å². The van der Waals surface area contributed by atoms with Crippen molar-refractivity contribution in [2.24, 2.45) is 5.73 Å². The van der Waals surface area contributed by atoms with Crippen LogP contribution in [0, 0.1) is 26.2 Å². The zero-order valence-corrected chi connectivity index (χ0v) is 23.9. The molecule has 3 aromatic rings. The van der Waals surface area contributed by atoms with Crippen molar-refractivity contribution in [1.29, 1.82) is 5.41 Å². The molecule has 39 heavy (non-hydrogen) atoms. The first-order chi connectivity index (χ1) is 18.6. The number of thioether (sulfide) groups is 1. The van der Waals surface area contributed by atoms with Crippen LogP contribution in [0.2, 0.25) is 0 Å². The molecule has 0 fully saturated rings. The Kier molecular flexibility index (Phi) is 8.75. The summed E-state index contributed by atoms with van der Waals surface area (Å²) in [5.74, 6) is 1.99. The van der Waals surface area contributed by atoms with Gasteiger partial charge in [-0.3, -0.25) is 10.2 Å². The molecule has 1 amide bonds. The molecule has 8 heteroatoms. The van der Waals surface area contributed by atoms with Crippen LogP contribution in [0.5, 0.6) is 11.5 Å². The minimum Gasteiger partial charge on any atom is -0.507 e. The molecule has 206 valence electrons. The van der Waals surface area contributed by atoms with E-state index in [0.29, 0.717) is 17.0 Å². The van der Waals surface area contributed by atoms with Crippen LogP contribution in [0.1, 0.15) is 65.2 Å². The van der Waals surface area contributed by atoms with Crippen LogP contribution in [0.3, 0.4) is 0 Å². The van der Waals surface area contributed by atoms with E-state index in [2.05, 4.69) is 17.6 Å². The molecule has 7 nitrogen and oxygen atoms in total. The van der Waals surface area contributed by atoms with Gasteiger partial charge in [-0.2, -0.15) is 0 Å². The lowest BCUT2D eigenvalue weighted by atomic mass is 9.85. The van der Waals surface area contributed by atoms with E-state index < -0.39 is 0 Å². The predicted octanol–water partition coefficient (Wildman–Crippen LogP) is 6.92. The summed E-state index contributed by atoms with van der Waals surface area (Å²) in [5, 5.41) is 23.4. The fourth-order valence-electron chi connectivity index (χ4n) is 4.99. The Hall–Kier alpha value is -3.65. The molecule has 0 saturated carbocycles. The number of rotatable bonds is 9. The zero-order chi connectivity index (χ0) is 28.2. The Labute approximate surface area is 235 Å². The number of anilines is 2. The van der Waals surface area contributed by atoms with Crippen molar-refractivity contribution >= 4 is 35.0 Å². The van der Waals surface area contributed by atoms with Gasteiger partial charge >= 0.3 is 0 Å². The average molecular weight is 547 g/mol. The van der Waals surface area contributed by atoms with Crippen LogP contribution in [-0.4, -0.2) is 28.3 Å². The quantitative estimate of drug-likeness (QED) is 0.0860. The van der Waals surface area contributed by atoms with Gasteiger partial charge in [-0.25, -0.2) is 0 Å².